The molecule has 0 aromatic rings. The zero-order chi connectivity index (χ0) is 21.6. The fraction of sp³-hybridized carbons (Fsp3) is 0.750. The summed E-state index contributed by atoms with van der Waals surface area (Å²) >= 11 is 0. The van der Waals surface area contributed by atoms with Crippen molar-refractivity contribution >= 4 is 11.9 Å². The van der Waals surface area contributed by atoms with Crippen LogP contribution in [0.15, 0.2) is 23.3 Å². The second-order valence-electron chi connectivity index (χ2n) is 9.12. The molecule has 2 bridgehead atoms. The Balaban J connectivity index is 2.31. The summed E-state index contributed by atoms with van der Waals surface area (Å²) in [5, 5.41) is 0. The maximum absolute atomic E-state index is 11.8. The number of hydrogen-bond donors (Lipinski definition) is 0. The van der Waals surface area contributed by atoms with Crippen LogP contribution in [0.5, 0.6) is 0 Å². The number of carbonyl (C=O) groups is 2. The molecule has 2 aliphatic heterocycles. The number of esters is 2. The van der Waals surface area contributed by atoms with Crippen LogP contribution in [0.25, 0.3) is 0 Å². The van der Waals surface area contributed by atoms with Gasteiger partial charge in [-0.05, 0) is 71.1 Å². The van der Waals surface area contributed by atoms with E-state index in [9.17, 15) is 9.59 Å². The highest BCUT2D eigenvalue weighted by atomic mass is 16.6. The van der Waals surface area contributed by atoms with E-state index in [1.54, 1.807) is 0 Å². The third-order valence-corrected chi connectivity index (χ3v) is 6.35. The smallest absolute Gasteiger partial charge is 0.303 e. The monoisotopic (exact) mass is 406 g/mol. The second-order valence-corrected chi connectivity index (χ2v) is 9.12. The summed E-state index contributed by atoms with van der Waals surface area (Å²) in [6.07, 6.45) is 9.61. The molecule has 2 aliphatic rings. The van der Waals surface area contributed by atoms with Crippen molar-refractivity contribution in [2.45, 2.75) is 97.9 Å². The third-order valence-electron chi connectivity index (χ3n) is 6.35. The van der Waals surface area contributed by atoms with E-state index in [-0.39, 0.29) is 36.0 Å². The minimum atomic E-state index is -0.524. The lowest BCUT2D eigenvalue weighted by atomic mass is 9.76. The Bertz CT molecular complexity index is 650. The lowest BCUT2D eigenvalue weighted by Gasteiger charge is -2.47. The molecule has 0 aliphatic carbocycles. The standard InChI is InChI=1S/C24H38O5/c1-16-8-7-9-17(2)14-22-21(18(3)15-27-19(4)25)12-13-24(6,29-22)23(11-10-16)28-20(5)26/h8,14,18,21-23H,7,9-13,15H2,1-6H3/b16-8-,17-14+/t18?,21-,22+,23-,24+/m0/s1. The summed E-state index contributed by atoms with van der Waals surface area (Å²) in [6.45, 7) is 11.8. The first-order valence-corrected chi connectivity index (χ1v) is 10.9. The van der Waals surface area contributed by atoms with Crippen LogP contribution < -0.4 is 0 Å². The Morgan fingerprint density at radius 2 is 1.90 bits per heavy atom. The molecule has 0 N–H and O–H groups in total. The summed E-state index contributed by atoms with van der Waals surface area (Å²) in [7, 11) is 0. The van der Waals surface area contributed by atoms with Crippen LogP contribution >= 0.6 is 0 Å². The highest BCUT2D eigenvalue weighted by Gasteiger charge is 2.46. The molecule has 5 nitrogen and oxygen atoms in total. The first kappa shape index (κ1) is 23.7. The lowest BCUT2D eigenvalue weighted by Crippen LogP contribution is -2.52. The van der Waals surface area contributed by atoms with Gasteiger partial charge in [0.25, 0.3) is 0 Å². The number of rotatable bonds is 4. The molecule has 0 saturated carbocycles. The van der Waals surface area contributed by atoms with Gasteiger partial charge >= 0.3 is 11.9 Å². The van der Waals surface area contributed by atoms with E-state index >= 15 is 0 Å². The SMILES string of the molecule is CC(=O)OCC(C)[C@@H]1CC[C@@]2(C)O[C@@H]1/C=C(\C)CC/C=C(/C)CC[C@@H]2OC(C)=O. The summed E-state index contributed by atoms with van der Waals surface area (Å²) in [4.78, 5) is 23.0. The molecular formula is C24H38O5. The van der Waals surface area contributed by atoms with Crippen LogP contribution in [0, 0.1) is 11.8 Å². The van der Waals surface area contributed by atoms with Crippen molar-refractivity contribution in [3.05, 3.63) is 23.3 Å². The van der Waals surface area contributed by atoms with Crippen LogP contribution in [0.4, 0.5) is 0 Å². The molecule has 0 radical (unpaired) electrons. The Morgan fingerprint density at radius 3 is 2.55 bits per heavy atom. The van der Waals surface area contributed by atoms with Crippen molar-refractivity contribution in [2.24, 2.45) is 11.8 Å². The van der Waals surface area contributed by atoms with E-state index in [2.05, 4.69) is 39.8 Å². The Kier molecular flexibility index (Phi) is 8.50. The zero-order valence-electron chi connectivity index (χ0n) is 19.0. The van der Waals surface area contributed by atoms with Crippen molar-refractivity contribution in [3.63, 3.8) is 0 Å². The fourth-order valence-electron chi connectivity index (χ4n) is 4.51. The number of allylic oxidation sites excluding steroid dienone is 3. The molecule has 1 unspecified atom stereocenters. The Morgan fingerprint density at radius 1 is 1.17 bits per heavy atom. The molecule has 2 heterocycles. The summed E-state index contributed by atoms with van der Waals surface area (Å²) in [5.41, 5.74) is 2.11. The maximum atomic E-state index is 11.8. The van der Waals surface area contributed by atoms with Gasteiger partial charge in [-0.2, -0.15) is 0 Å². The van der Waals surface area contributed by atoms with Crippen LogP contribution in [0.2, 0.25) is 0 Å². The average Bonchev–Trinajstić information content (AvgIpc) is 2.62. The van der Waals surface area contributed by atoms with Gasteiger partial charge < -0.3 is 14.2 Å². The first-order chi connectivity index (χ1) is 13.6. The van der Waals surface area contributed by atoms with E-state index in [1.165, 1.54) is 25.0 Å². The zero-order valence-corrected chi connectivity index (χ0v) is 19.0. The third kappa shape index (κ3) is 6.98. The minimum Gasteiger partial charge on any atom is -0.466 e. The van der Waals surface area contributed by atoms with Crippen LogP contribution in [-0.4, -0.2) is 36.4 Å². The van der Waals surface area contributed by atoms with Gasteiger partial charge in [-0.3, -0.25) is 9.59 Å². The molecule has 0 spiro atoms. The Hall–Kier alpha value is -1.62. The van der Waals surface area contributed by atoms with E-state index in [0.717, 1.165) is 38.5 Å². The molecule has 0 aromatic heterocycles. The van der Waals surface area contributed by atoms with E-state index in [0.29, 0.717) is 6.61 Å². The molecule has 0 aromatic carbocycles. The highest BCUT2D eigenvalue weighted by molar-refractivity contribution is 5.66. The quantitative estimate of drug-likeness (QED) is 0.478. The van der Waals surface area contributed by atoms with Crippen molar-refractivity contribution < 1.29 is 23.8 Å². The van der Waals surface area contributed by atoms with Crippen LogP contribution in [-0.2, 0) is 23.8 Å². The predicted molar refractivity (Wildman–Crippen MR) is 113 cm³/mol. The normalized spacial score (nSPS) is 35.6. The minimum absolute atomic E-state index is 0.0816. The van der Waals surface area contributed by atoms with Gasteiger partial charge in [0.15, 0.2) is 0 Å². The van der Waals surface area contributed by atoms with Gasteiger partial charge in [-0.25, -0.2) is 0 Å². The number of fused-ring (bicyclic) bond motifs is 2. The van der Waals surface area contributed by atoms with Crippen molar-refractivity contribution in [3.8, 4) is 0 Å². The molecule has 164 valence electrons. The van der Waals surface area contributed by atoms with Crippen LogP contribution in [0.3, 0.4) is 0 Å². The predicted octanol–water partition coefficient (Wildman–Crippen LogP) is 5.14. The van der Waals surface area contributed by atoms with Gasteiger partial charge in [0.1, 0.15) is 11.7 Å². The summed E-state index contributed by atoms with van der Waals surface area (Å²) < 4.78 is 17.7. The topological polar surface area (TPSA) is 61.8 Å². The molecule has 5 atom stereocenters. The number of ether oxygens (including phenoxy) is 3. The lowest BCUT2D eigenvalue weighted by molar-refractivity contribution is -0.203. The first-order valence-electron chi connectivity index (χ1n) is 10.9. The molecule has 5 heteroatoms. The number of hydrogen-bond acceptors (Lipinski definition) is 5. The summed E-state index contributed by atoms with van der Waals surface area (Å²) in [5.74, 6) is -0.0571. The van der Waals surface area contributed by atoms with Crippen molar-refractivity contribution in [1.29, 1.82) is 0 Å². The van der Waals surface area contributed by atoms with E-state index in [1.807, 2.05) is 0 Å². The van der Waals surface area contributed by atoms with Crippen LogP contribution in [0.1, 0.15) is 80.1 Å². The molecule has 1 saturated heterocycles. The number of carbonyl (C=O) groups excluding carboxylic acids is 2. The summed E-state index contributed by atoms with van der Waals surface area (Å²) in [6, 6.07) is 0. The van der Waals surface area contributed by atoms with Gasteiger partial charge in [0, 0.05) is 13.8 Å². The van der Waals surface area contributed by atoms with E-state index < -0.39 is 5.60 Å². The molecule has 1 fully saturated rings. The maximum Gasteiger partial charge on any atom is 0.303 e. The van der Waals surface area contributed by atoms with Crippen molar-refractivity contribution in [2.75, 3.05) is 6.61 Å². The molecule has 2 rings (SSSR count). The Labute approximate surface area is 175 Å². The van der Waals surface area contributed by atoms with Gasteiger partial charge in [-0.1, -0.05) is 30.2 Å². The largest absolute Gasteiger partial charge is 0.466 e. The van der Waals surface area contributed by atoms with Crippen molar-refractivity contribution in [1.82, 2.24) is 0 Å². The van der Waals surface area contributed by atoms with E-state index in [4.69, 9.17) is 14.2 Å². The van der Waals surface area contributed by atoms with Gasteiger partial charge in [0.05, 0.1) is 12.7 Å². The molecule has 0 amide bonds. The second kappa shape index (κ2) is 10.4. The molecular weight excluding hydrogens is 368 g/mol. The van der Waals surface area contributed by atoms with Gasteiger partial charge in [-0.15, -0.1) is 0 Å². The average molecular weight is 407 g/mol. The molecule has 29 heavy (non-hydrogen) atoms. The fourth-order valence-corrected chi connectivity index (χ4v) is 4.51. The highest BCUT2D eigenvalue weighted by Crippen LogP contribution is 2.41. The van der Waals surface area contributed by atoms with Gasteiger partial charge in [0.2, 0.25) is 0 Å².